The highest BCUT2D eigenvalue weighted by Crippen LogP contribution is 2.13. The van der Waals surface area contributed by atoms with Crippen molar-refractivity contribution in [3.63, 3.8) is 0 Å². The van der Waals surface area contributed by atoms with E-state index in [1.54, 1.807) is 12.1 Å². The van der Waals surface area contributed by atoms with Crippen molar-refractivity contribution < 1.29 is 9.13 Å². The zero-order chi connectivity index (χ0) is 10.5. The van der Waals surface area contributed by atoms with Gasteiger partial charge in [-0.05, 0) is 29.8 Å². The molecule has 76 valence electrons. The van der Waals surface area contributed by atoms with E-state index in [9.17, 15) is 4.39 Å². The summed E-state index contributed by atoms with van der Waals surface area (Å²) in [5, 5.41) is 0. The molecule has 0 N–H and O–H groups in total. The predicted molar refractivity (Wildman–Crippen MR) is 57.2 cm³/mol. The van der Waals surface area contributed by atoms with Gasteiger partial charge in [-0.15, -0.1) is 0 Å². The Labute approximate surface area is 88.1 Å². The van der Waals surface area contributed by atoms with E-state index in [1.807, 2.05) is 30.3 Å². The van der Waals surface area contributed by atoms with E-state index >= 15 is 0 Å². The second kappa shape index (κ2) is 4.60. The highest BCUT2D eigenvalue weighted by atomic mass is 19.1. The van der Waals surface area contributed by atoms with E-state index in [2.05, 4.69) is 0 Å². The summed E-state index contributed by atoms with van der Waals surface area (Å²) in [6.45, 7) is 0.506. The van der Waals surface area contributed by atoms with Gasteiger partial charge in [-0.3, -0.25) is 0 Å². The van der Waals surface area contributed by atoms with Crippen LogP contribution in [-0.2, 0) is 6.61 Å². The normalized spacial score (nSPS) is 9.93. The average molecular weight is 202 g/mol. The summed E-state index contributed by atoms with van der Waals surface area (Å²) in [7, 11) is 0. The van der Waals surface area contributed by atoms with Gasteiger partial charge in [0.1, 0.15) is 18.2 Å². The number of ether oxygens (including phenoxy) is 1. The summed E-state index contributed by atoms with van der Waals surface area (Å²) in [6.07, 6.45) is 0. The third-order valence-corrected chi connectivity index (χ3v) is 2.06. The van der Waals surface area contributed by atoms with Gasteiger partial charge in [0.15, 0.2) is 0 Å². The molecule has 0 aliphatic rings. The number of rotatable bonds is 3. The topological polar surface area (TPSA) is 9.23 Å². The van der Waals surface area contributed by atoms with Gasteiger partial charge in [0.05, 0.1) is 0 Å². The summed E-state index contributed by atoms with van der Waals surface area (Å²) in [5.74, 6) is 0.433. The molecule has 0 aliphatic carbocycles. The van der Waals surface area contributed by atoms with Gasteiger partial charge in [-0.25, -0.2) is 4.39 Å². The lowest BCUT2D eigenvalue weighted by Gasteiger charge is -2.05. The third kappa shape index (κ3) is 2.81. The molecule has 0 fully saturated rings. The van der Waals surface area contributed by atoms with Crippen LogP contribution in [0.4, 0.5) is 4.39 Å². The van der Waals surface area contributed by atoms with Crippen molar-refractivity contribution in [2.24, 2.45) is 0 Å². The SMILES string of the molecule is Fc1ccc(OCc2ccccc2)cc1. The minimum Gasteiger partial charge on any atom is -0.489 e. The second-order valence-corrected chi connectivity index (χ2v) is 3.23. The summed E-state index contributed by atoms with van der Waals surface area (Å²) < 4.78 is 18.1. The van der Waals surface area contributed by atoms with Crippen LogP contribution >= 0.6 is 0 Å². The standard InChI is InChI=1S/C13H11FO/c14-12-6-8-13(9-7-12)15-10-11-4-2-1-3-5-11/h1-9H,10H2. The molecule has 2 rings (SSSR count). The Balaban J connectivity index is 1.96. The average Bonchev–Trinajstić information content (AvgIpc) is 2.30. The molecule has 0 atom stereocenters. The van der Waals surface area contributed by atoms with Gasteiger partial charge in [-0.1, -0.05) is 30.3 Å². The molecule has 2 aromatic rings. The molecule has 0 saturated carbocycles. The maximum atomic E-state index is 12.6. The van der Waals surface area contributed by atoms with Gasteiger partial charge < -0.3 is 4.74 Å². The van der Waals surface area contributed by atoms with E-state index in [1.165, 1.54) is 12.1 Å². The van der Waals surface area contributed by atoms with E-state index in [0.717, 1.165) is 5.56 Å². The molecule has 0 bridgehead atoms. The molecule has 0 aliphatic heterocycles. The maximum Gasteiger partial charge on any atom is 0.123 e. The van der Waals surface area contributed by atoms with Gasteiger partial charge >= 0.3 is 0 Å². The number of hydrogen-bond acceptors (Lipinski definition) is 1. The van der Waals surface area contributed by atoms with E-state index in [0.29, 0.717) is 12.4 Å². The quantitative estimate of drug-likeness (QED) is 0.741. The molecule has 0 heterocycles. The highest BCUT2D eigenvalue weighted by molar-refractivity contribution is 5.23. The van der Waals surface area contributed by atoms with Crippen LogP contribution in [0.25, 0.3) is 0 Å². The van der Waals surface area contributed by atoms with Gasteiger partial charge in [0.25, 0.3) is 0 Å². The van der Waals surface area contributed by atoms with Crippen molar-refractivity contribution in [3.05, 3.63) is 66.0 Å². The Kier molecular flexibility index (Phi) is 2.98. The molecule has 1 nitrogen and oxygen atoms in total. The summed E-state index contributed by atoms with van der Waals surface area (Å²) in [6, 6.07) is 15.9. The summed E-state index contributed by atoms with van der Waals surface area (Å²) in [5.41, 5.74) is 1.10. The van der Waals surface area contributed by atoms with Crippen molar-refractivity contribution >= 4 is 0 Å². The van der Waals surface area contributed by atoms with Crippen LogP contribution in [0.5, 0.6) is 5.75 Å². The molecule has 2 heteroatoms. The van der Waals surface area contributed by atoms with Crippen LogP contribution in [0.1, 0.15) is 5.56 Å². The zero-order valence-corrected chi connectivity index (χ0v) is 8.19. The largest absolute Gasteiger partial charge is 0.489 e. The van der Waals surface area contributed by atoms with Crippen LogP contribution in [0, 0.1) is 5.82 Å². The zero-order valence-electron chi connectivity index (χ0n) is 8.19. The molecule has 0 spiro atoms. The number of halogens is 1. The molecule has 0 amide bonds. The fourth-order valence-electron chi connectivity index (χ4n) is 1.27. The Morgan fingerprint density at radius 1 is 0.867 bits per heavy atom. The Bertz CT molecular complexity index is 408. The smallest absolute Gasteiger partial charge is 0.123 e. The summed E-state index contributed by atoms with van der Waals surface area (Å²) in [4.78, 5) is 0. The lowest BCUT2D eigenvalue weighted by atomic mass is 10.2. The first-order valence-corrected chi connectivity index (χ1v) is 4.77. The van der Waals surface area contributed by atoms with Gasteiger partial charge in [0, 0.05) is 0 Å². The molecule has 15 heavy (non-hydrogen) atoms. The van der Waals surface area contributed by atoms with Crippen LogP contribution in [0.15, 0.2) is 54.6 Å². The fourth-order valence-corrected chi connectivity index (χ4v) is 1.27. The highest BCUT2D eigenvalue weighted by Gasteiger charge is 1.95. The van der Waals surface area contributed by atoms with Crippen molar-refractivity contribution in [1.82, 2.24) is 0 Å². The molecule has 0 aromatic heterocycles. The maximum absolute atomic E-state index is 12.6. The molecule has 0 radical (unpaired) electrons. The Morgan fingerprint density at radius 3 is 2.20 bits per heavy atom. The van der Waals surface area contributed by atoms with E-state index in [4.69, 9.17) is 4.74 Å². The number of benzene rings is 2. The van der Waals surface area contributed by atoms with Crippen LogP contribution in [0.3, 0.4) is 0 Å². The second-order valence-electron chi connectivity index (χ2n) is 3.23. The Hall–Kier alpha value is -1.83. The van der Waals surface area contributed by atoms with Crippen molar-refractivity contribution in [2.75, 3.05) is 0 Å². The molecular weight excluding hydrogens is 191 g/mol. The molecule has 0 saturated heterocycles. The van der Waals surface area contributed by atoms with Crippen molar-refractivity contribution in [1.29, 1.82) is 0 Å². The lowest BCUT2D eigenvalue weighted by molar-refractivity contribution is 0.306. The minimum absolute atomic E-state index is 0.248. The van der Waals surface area contributed by atoms with Gasteiger partial charge in [-0.2, -0.15) is 0 Å². The van der Waals surface area contributed by atoms with Crippen molar-refractivity contribution in [2.45, 2.75) is 6.61 Å². The molecule has 2 aromatic carbocycles. The van der Waals surface area contributed by atoms with Crippen molar-refractivity contribution in [3.8, 4) is 5.75 Å². The van der Waals surface area contributed by atoms with E-state index < -0.39 is 0 Å². The Morgan fingerprint density at radius 2 is 1.53 bits per heavy atom. The first kappa shape index (κ1) is 9.71. The van der Waals surface area contributed by atoms with Crippen LogP contribution in [0.2, 0.25) is 0 Å². The molecular formula is C13H11FO. The predicted octanol–water partition coefficient (Wildman–Crippen LogP) is 3.40. The minimum atomic E-state index is -0.248. The lowest BCUT2D eigenvalue weighted by Crippen LogP contribution is -1.94. The fraction of sp³-hybridized carbons (Fsp3) is 0.0769. The first-order chi connectivity index (χ1) is 7.34. The summed E-state index contributed by atoms with van der Waals surface area (Å²) >= 11 is 0. The monoisotopic (exact) mass is 202 g/mol. The van der Waals surface area contributed by atoms with Gasteiger partial charge in [0.2, 0.25) is 0 Å². The third-order valence-electron chi connectivity index (χ3n) is 2.06. The molecule has 0 unspecified atom stereocenters. The van der Waals surface area contributed by atoms with Crippen LogP contribution in [-0.4, -0.2) is 0 Å². The number of hydrogen-bond donors (Lipinski definition) is 0. The van der Waals surface area contributed by atoms with Crippen LogP contribution < -0.4 is 4.74 Å². The van der Waals surface area contributed by atoms with E-state index in [-0.39, 0.29) is 5.82 Å². The first-order valence-electron chi connectivity index (χ1n) is 4.77.